The van der Waals surface area contributed by atoms with Crippen LogP contribution < -0.4 is 5.32 Å². The number of ether oxygens (including phenoxy) is 1. The molecule has 0 aliphatic heterocycles. The monoisotopic (exact) mass is 265 g/mol. The lowest BCUT2D eigenvalue weighted by Crippen LogP contribution is -2.00. The van der Waals surface area contributed by atoms with Gasteiger partial charge >= 0.3 is 5.97 Å². The number of anilines is 1. The molecule has 2 aromatic rings. The van der Waals surface area contributed by atoms with Crippen LogP contribution in [0, 0.1) is 0 Å². The van der Waals surface area contributed by atoms with Crippen LogP contribution >= 0.6 is 11.6 Å². The fourth-order valence-corrected chi connectivity index (χ4v) is 1.67. The molecular weight excluding hydrogens is 254 g/mol. The number of para-hydroxylation sites is 1. The van der Waals surface area contributed by atoms with Crippen LogP contribution in [0.25, 0.3) is 0 Å². The Kier molecular flexibility index (Phi) is 3.89. The predicted octanol–water partition coefficient (Wildman–Crippen LogP) is 3.33. The van der Waals surface area contributed by atoms with Crippen molar-refractivity contribution in [2.24, 2.45) is 0 Å². The third kappa shape index (κ3) is 2.84. The average molecular weight is 266 g/mol. The SMILES string of the molecule is COC(=O)c1ccc(CNc2ccccc2Cl)o1. The van der Waals surface area contributed by atoms with Crippen LogP contribution in [0.15, 0.2) is 40.8 Å². The van der Waals surface area contributed by atoms with Crippen LogP contribution in [0.3, 0.4) is 0 Å². The van der Waals surface area contributed by atoms with E-state index in [4.69, 9.17) is 16.0 Å². The maximum atomic E-state index is 11.2. The topological polar surface area (TPSA) is 51.5 Å². The van der Waals surface area contributed by atoms with Crippen LogP contribution in [0.1, 0.15) is 16.3 Å². The number of nitrogens with one attached hydrogen (secondary N) is 1. The zero-order chi connectivity index (χ0) is 13.0. The number of carbonyl (C=O) groups excluding carboxylic acids is 1. The third-order valence-electron chi connectivity index (χ3n) is 2.38. The molecule has 2 rings (SSSR count). The number of esters is 1. The molecule has 0 saturated heterocycles. The van der Waals surface area contributed by atoms with Gasteiger partial charge in [0.2, 0.25) is 5.76 Å². The minimum absolute atomic E-state index is 0.188. The molecule has 0 amide bonds. The molecule has 0 saturated carbocycles. The third-order valence-corrected chi connectivity index (χ3v) is 2.70. The molecule has 0 aliphatic rings. The van der Waals surface area contributed by atoms with E-state index in [2.05, 4.69) is 10.1 Å². The lowest BCUT2D eigenvalue weighted by atomic mass is 10.3. The Morgan fingerprint density at radius 3 is 2.83 bits per heavy atom. The largest absolute Gasteiger partial charge is 0.463 e. The van der Waals surface area contributed by atoms with Gasteiger partial charge in [0.1, 0.15) is 5.76 Å². The summed E-state index contributed by atoms with van der Waals surface area (Å²) < 4.78 is 9.88. The van der Waals surface area contributed by atoms with Crippen molar-refractivity contribution in [3.8, 4) is 0 Å². The zero-order valence-corrected chi connectivity index (χ0v) is 10.5. The quantitative estimate of drug-likeness (QED) is 0.862. The summed E-state index contributed by atoms with van der Waals surface area (Å²) in [6.07, 6.45) is 0. The minimum atomic E-state index is -0.487. The van der Waals surface area contributed by atoms with Crippen molar-refractivity contribution in [1.29, 1.82) is 0 Å². The summed E-state index contributed by atoms with van der Waals surface area (Å²) in [7, 11) is 1.31. The number of hydrogen-bond acceptors (Lipinski definition) is 4. The second-order valence-electron chi connectivity index (χ2n) is 3.59. The summed E-state index contributed by atoms with van der Waals surface area (Å²) in [5, 5.41) is 3.76. The molecule has 0 spiro atoms. The first-order valence-electron chi connectivity index (χ1n) is 5.36. The molecule has 0 fully saturated rings. The van der Waals surface area contributed by atoms with Gasteiger partial charge in [-0.05, 0) is 24.3 Å². The van der Waals surface area contributed by atoms with E-state index in [1.807, 2.05) is 18.2 Å². The summed E-state index contributed by atoms with van der Waals surface area (Å²) in [5.41, 5.74) is 0.815. The highest BCUT2D eigenvalue weighted by Gasteiger charge is 2.10. The highest BCUT2D eigenvalue weighted by atomic mass is 35.5. The van der Waals surface area contributed by atoms with Crippen LogP contribution in [0.4, 0.5) is 5.69 Å². The Bertz CT molecular complexity index is 551. The summed E-state index contributed by atoms with van der Waals surface area (Å²) in [6.45, 7) is 0.445. The van der Waals surface area contributed by atoms with E-state index >= 15 is 0 Å². The van der Waals surface area contributed by atoms with Crippen LogP contribution in [-0.2, 0) is 11.3 Å². The van der Waals surface area contributed by atoms with Crippen LogP contribution in [0.2, 0.25) is 5.02 Å². The molecule has 0 radical (unpaired) electrons. The number of methoxy groups -OCH3 is 1. The molecule has 18 heavy (non-hydrogen) atoms. The van der Waals surface area contributed by atoms with Gasteiger partial charge < -0.3 is 14.5 Å². The van der Waals surface area contributed by atoms with Crippen molar-refractivity contribution in [2.45, 2.75) is 6.54 Å². The van der Waals surface area contributed by atoms with E-state index in [0.717, 1.165) is 5.69 Å². The summed E-state index contributed by atoms with van der Waals surface area (Å²) in [4.78, 5) is 11.2. The van der Waals surface area contributed by atoms with Gasteiger partial charge in [-0.3, -0.25) is 0 Å². The Balaban J connectivity index is 2.01. The van der Waals surface area contributed by atoms with Crippen molar-refractivity contribution in [2.75, 3.05) is 12.4 Å². The number of carbonyl (C=O) groups is 1. The smallest absolute Gasteiger partial charge is 0.373 e. The normalized spacial score (nSPS) is 10.1. The van der Waals surface area contributed by atoms with Crippen molar-refractivity contribution < 1.29 is 13.9 Å². The number of hydrogen-bond donors (Lipinski definition) is 1. The second kappa shape index (κ2) is 5.60. The van der Waals surface area contributed by atoms with E-state index in [1.54, 1.807) is 18.2 Å². The average Bonchev–Trinajstić information content (AvgIpc) is 2.86. The standard InChI is InChI=1S/C13H12ClNO3/c1-17-13(16)12-7-6-9(18-12)8-15-11-5-3-2-4-10(11)14/h2-7,15H,8H2,1H3. The highest BCUT2D eigenvalue weighted by molar-refractivity contribution is 6.33. The van der Waals surface area contributed by atoms with E-state index in [0.29, 0.717) is 17.3 Å². The molecule has 0 atom stereocenters. The summed E-state index contributed by atoms with van der Waals surface area (Å²) in [5.74, 6) is 0.336. The van der Waals surface area contributed by atoms with Crippen molar-refractivity contribution in [3.63, 3.8) is 0 Å². The first kappa shape index (κ1) is 12.5. The van der Waals surface area contributed by atoms with E-state index < -0.39 is 5.97 Å². The lowest BCUT2D eigenvalue weighted by Gasteiger charge is -2.05. The van der Waals surface area contributed by atoms with Gasteiger partial charge in [-0.2, -0.15) is 0 Å². The Morgan fingerprint density at radius 1 is 1.33 bits per heavy atom. The second-order valence-corrected chi connectivity index (χ2v) is 4.00. The summed E-state index contributed by atoms with van der Waals surface area (Å²) in [6, 6.07) is 10.7. The Labute approximate surface area is 110 Å². The lowest BCUT2D eigenvalue weighted by molar-refractivity contribution is 0.0563. The molecule has 0 unspecified atom stereocenters. The molecule has 1 heterocycles. The van der Waals surface area contributed by atoms with Gasteiger partial charge in [0, 0.05) is 0 Å². The molecule has 94 valence electrons. The van der Waals surface area contributed by atoms with Gasteiger partial charge in [0.25, 0.3) is 0 Å². The van der Waals surface area contributed by atoms with Crippen LogP contribution in [0.5, 0.6) is 0 Å². The first-order valence-corrected chi connectivity index (χ1v) is 5.74. The van der Waals surface area contributed by atoms with Gasteiger partial charge in [-0.25, -0.2) is 4.79 Å². The molecule has 0 aliphatic carbocycles. The molecule has 1 aromatic heterocycles. The Hall–Kier alpha value is -1.94. The molecule has 4 nitrogen and oxygen atoms in total. The van der Waals surface area contributed by atoms with Crippen molar-refractivity contribution in [1.82, 2.24) is 0 Å². The van der Waals surface area contributed by atoms with Gasteiger partial charge in [-0.15, -0.1) is 0 Å². The molecule has 0 bridgehead atoms. The van der Waals surface area contributed by atoms with Crippen LogP contribution in [-0.4, -0.2) is 13.1 Å². The fourth-order valence-electron chi connectivity index (χ4n) is 1.47. The number of rotatable bonds is 4. The van der Waals surface area contributed by atoms with E-state index in [9.17, 15) is 4.79 Å². The molecule has 5 heteroatoms. The van der Waals surface area contributed by atoms with E-state index in [1.165, 1.54) is 7.11 Å². The maximum Gasteiger partial charge on any atom is 0.373 e. The first-order chi connectivity index (χ1) is 8.70. The predicted molar refractivity (Wildman–Crippen MR) is 68.8 cm³/mol. The van der Waals surface area contributed by atoms with Gasteiger partial charge in [0.15, 0.2) is 0 Å². The maximum absolute atomic E-state index is 11.2. The highest BCUT2D eigenvalue weighted by Crippen LogP contribution is 2.21. The minimum Gasteiger partial charge on any atom is -0.463 e. The number of halogens is 1. The molecule has 1 aromatic carbocycles. The number of benzene rings is 1. The number of furan rings is 1. The van der Waals surface area contributed by atoms with E-state index in [-0.39, 0.29) is 5.76 Å². The van der Waals surface area contributed by atoms with Gasteiger partial charge in [-0.1, -0.05) is 23.7 Å². The zero-order valence-electron chi connectivity index (χ0n) is 9.77. The molecular formula is C13H12ClNO3. The summed E-state index contributed by atoms with van der Waals surface area (Å²) >= 11 is 6.00. The van der Waals surface area contributed by atoms with Gasteiger partial charge in [0.05, 0.1) is 24.4 Å². The van der Waals surface area contributed by atoms with Crippen molar-refractivity contribution >= 4 is 23.3 Å². The Morgan fingerprint density at radius 2 is 2.11 bits per heavy atom. The van der Waals surface area contributed by atoms with Crippen molar-refractivity contribution in [3.05, 3.63) is 52.9 Å². The molecule has 1 N–H and O–H groups in total. The fraction of sp³-hybridized carbons (Fsp3) is 0.154.